The largest absolute Gasteiger partial charge is 0.319 e. The van der Waals surface area contributed by atoms with Crippen molar-refractivity contribution in [3.05, 3.63) is 65.4 Å². The van der Waals surface area contributed by atoms with Gasteiger partial charge in [0.1, 0.15) is 5.65 Å². The van der Waals surface area contributed by atoms with Crippen LogP contribution in [0.1, 0.15) is 49.3 Å². The summed E-state index contributed by atoms with van der Waals surface area (Å²) in [4.78, 5) is 9.09. The second-order valence-corrected chi connectivity index (χ2v) is 6.74. The average Bonchev–Trinajstić information content (AvgIpc) is 2.88. The summed E-state index contributed by atoms with van der Waals surface area (Å²) in [5.74, 6) is 0. The molecule has 3 aromatic rings. The number of imidazole rings is 1. The number of pyridine rings is 2. The summed E-state index contributed by atoms with van der Waals surface area (Å²) >= 11 is 0. The number of rotatable bonds is 2. The summed E-state index contributed by atoms with van der Waals surface area (Å²) in [5.41, 5.74) is 11.7. The number of aryl methyl sites for hydroxylation is 1. The van der Waals surface area contributed by atoms with Gasteiger partial charge in [0, 0.05) is 24.0 Å². The summed E-state index contributed by atoms with van der Waals surface area (Å²) in [5, 5.41) is 0. The van der Waals surface area contributed by atoms with Crippen molar-refractivity contribution in [1.82, 2.24) is 14.4 Å². The van der Waals surface area contributed by atoms with E-state index in [1.807, 2.05) is 30.6 Å². The number of nitrogens with zero attached hydrogens (tertiary/aromatic N) is 3. The summed E-state index contributed by atoms with van der Waals surface area (Å²) in [6.45, 7) is 8.59. The maximum atomic E-state index is 6.57. The van der Waals surface area contributed by atoms with Gasteiger partial charge < -0.3 is 10.1 Å². The molecule has 0 amide bonds. The van der Waals surface area contributed by atoms with Gasteiger partial charge in [-0.3, -0.25) is 4.98 Å². The van der Waals surface area contributed by atoms with E-state index in [4.69, 9.17) is 10.7 Å². The molecule has 4 nitrogen and oxygen atoms in total. The fourth-order valence-corrected chi connectivity index (χ4v) is 2.79. The highest BCUT2D eigenvalue weighted by atomic mass is 15.0. The minimum absolute atomic E-state index is 0.0758. The average molecular weight is 294 g/mol. The Balaban J connectivity index is 2.29. The molecule has 0 radical (unpaired) electrons. The van der Waals surface area contributed by atoms with Crippen LogP contribution in [0.3, 0.4) is 0 Å². The minimum Gasteiger partial charge on any atom is -0.319 e. The van der Waals surface area contributed by atoms with Gasteiger partial charge in [-0.15, -0.1) is 0 Å². The van der Waals surface area contributed by atoms with Crippen LogP contribution in [-0.4, -0.2) is 14.4 Å². The van der Waals surface area contributed by atoms with E-state index < -0.39 is 0 Å². The van der Waals surface area contributed by atoms with E-state index in [9.17, 15) is 0 Å². The molecule has 1 atom stereocenters. The molecule has 0 spiro atoms. The van der Waals surface area contributed by atoms with Crippen molar-refractivity contribution in [3.8, 4) is 0 Å². The summed E-state index contributed by atoms with van der Waals surface area (Å²) < 4.78 is 2.12. The van der Waals surface area contributed by atoms with Crippen LogP contribution in [0.2, 0.25) is 0 Å². The SMILES string of the molecule is Cc1cccn2c(C(N)c3cccnc3)c(C(C)(C)C)nc12. The van der Waals surface area contributed by atoms with Gasteiger partial charge in [-0.1, -0.05) is 32.9 Å². The molecule has 3 aromatic heterocycles. The first-order valence-electron chi connectivity index (χ1n) is 7.53. The van der Waals surface area contributed by atoms with Crippen LogP contribution in [0.5, 0.6) is 0 Å². The number of aromatic nitrogens is 3. The molecule has 0 aliphatic carbocycles. The monoisotopic (exact) mass is 294 g/mol. The van der Waals surface area contributed by atoms with E-state index in [-0.39, 0.29) is 11.5 Å². The van der Waals surface area contributed by atoms with Crippen LogP contribution in [-0.2, 0) is 5.41 Å². The molecule has 1 unspecified atom stereocenters. The van der Waals surface area contributed by atoms with E-state index in [1.54, 1.807) is 6.20 Å². The van der Waals surface area contributed by atoms with Crippen LogP contribution < -0.4 is 5.73 Å². The summed E-state index contributed by atoms with van der Waals surface area (Å²) in [7, 11) is 0. The molecule has 0 saturated carbocycles. The second kappa shape index (κ2) is 5.21. The number of hydrogen-bond acceptors (Lipinski definition) is 3. The van der Waals surface area contributed by atoms with Gasteiger partial charge in [-0.2, -0.15) is 0 Å². The van der Waals surface area contributed by atoms with Gasteiger partial charge in [-0.25, -0.2) is 4.98 Å². The first kappa shape index (κ1) is 14.7. The van der Waals surface area contributed by atoms with Crippen LogP contribution in [0.4, 0.5) is 0 Å². The highest BCUT2D eigenvalue weighted by molar-refractivity contribution is 5.53. The molecule has 4 heteroatoms. The zero-order valence-corrected chi connectivity index (χ0v) is 13.5. The summed E-state index contributed by atoms with van der Waals surface area (Å²) in [6.07, 6.45) is 5.63. The van der Waals surface area contributed by atoms with Crippen molar-refractivity contribution in [1.29, 1.82) is 0 Å². The molecule has 2 N–H and O–H groups in total. The molecule has 0 aliphatic rings. The van der Waals surface area contributed by atoms with Gasteiger partial charge in [0.15, 0.2) is 0 Å². The van der Waals surface area contributed by atoms with Crippen molar-refractivity contribution in [3.63, 3.8) is 0 Å². The quantitative estimate of drug-likeness (QED) is 0.788. The molecule has 0 aromatic carbocycles. The molecule has 0 aliphatic heterocycles. The minimum atomic E-state index is -0.250. The third kappa shape index (κ3) is 2.40. The molecule has 0 saturated heterocycles. The van der Waals surface area contributed by atoms with Crippen LogP contribution >= 0.6 is 0 Å². The predicted octanol–water partition coefficient (Wildman–Crippen LogP) is 3.38. The van der Waals surface area contributed by atoms with Gasteiger partial charge in [-0.05, 0) is 30.2 Å². The predicted molar refractivity (Wildman–Crippen MR) is 88.9 cm³/mol. The zero-order valence-electron chi connectivity index (χ0n) is 13.5. The van der Waals surface area contributed by atoms with Crippen LogP contribution in [0, 0.1) is 6.92 Å². The Kier molecular flexibility index (Phi) is 3.49. The lowest BCUT2D eigenvalue weighted by molar-refractivity contribution is 0.558. The Hall–Kier alpha value is -2.20. The third-order valence-corrected chi connectivity index (χ3v) is 3.93. The standard InChI is InChI=1S/C18H22N4/c1-12-7-6-10-22-15(14(19)13-8-5-9-20-11-13)16(18(2,3)4)21-17(12)22/h5-11,14H,19H2,1-4H3. The van der Waals surface area contributed by atoms with E-state index >= 15 is 0 Å². The van der Waals surface area contributed by atoms with Crippen molar-refractivity contribution < 1.29 is 0 Å². The topological polar surface area (TPSA) is 56.2 Å². The van der Waals surface area contributed by atoms with Gasteiger partial charge in [0.05, 0.1) is 17.4 Å². The molecule has 0 fully saturated rings. The first-order valence-corrected chi connectivity index (χ1v) is 7.53. The fourth-order valence-electron chi connectivity index (χ4n) is 2.79. The van der Waals surface area contributed by atoms with Gasteiger partial charge >= 0.3 is 0 Å². The van der Waals surface area contributed by atoms with Crippen LogP contribution in [0.25, 0.3) is 5.65 Å². The first-order chi connectivity index (χ1) is 10.4. The molecular weight excluding hydrogens is 272 g/mol. The highest BCUT2D eigenvalue weighted by Crippen LogP contribution is 2.32. The molecule has 22 heavy (non-hydrogen) atoms. The zero-order chi connectivity index (χ0) is 15.9. The Bertz CT molecular complexity index is 797. The number of hydrogen-bond donors (Lipinski definition) is 1. The maximum absolute atomic E-state index is 6.57. The van der Waals surface area contributed by atoms with Gasteiger partial charge in [0.2, 0.25) is 0 Å². The lowest BCUT2D eigenvalue weighted by atomic mass is 9.88. The highest BCUT2D eigenvalue weighted by Gasteiger charge is 2.28. The van der Waals surface area contributed by atoms with E-state index in [1.165, 1.54) is 0 Å². The van der Waals surface area contributed by atoms with E-state index in [0.717, 1.165) is 28.2 Å². The van der Waals surface area contributed by atoms with Gasteiger partial charge in [0.25, 0.3) is 0 Å². The molecule has 3 rings (SSSR count). The maximum Gasteiger partial charge on any atom is 0.140 e. The Morgan fingerprint density at radius 2 is 1.95 bits per heavy atom. The van der Waals surface area contributed by atoms with Crippen LogP contribution in [0.15, 0.2) is 42.9 Å². The van der Waals surface area contributed by atoms with Crippen molar-refractivity contribution >= 4 is 5.65 Å². The Labute approximate surface area is 131 Å². The fraction of sp³-hybridized carbons (Fsp3) is 0.333. The molecule has 3 heterocycles. The smallest absolute Gasteiger partial charge is 0.140 e. The Morgan fingerprint density at radius 1 is 1.18 bits per heavy atom. The van der Waals surface area contributed by atoms with Crippen molar-refractivity contribution in [2.75, 3.05) is 0 Å². The molecule has 0 bridgehead atoms. The normalized spacial score (nSPS) is 13.5. The number of nitrogens with two attached hydrogens (primary N) is 1. The lowest BCUT2D eigenvalue weighted by Gasteiger charge is -2.21. The lowest BCUT2D eigenvalue weighted by Crippen LogP contribution is -2.22. The second-order valence-electron chi connectivity index (χ2n) is 6.74. The third-order valence-electron chi connectivity index (χ3n) is 3.93. The Morgan fingerprint density at radius 3 is 2.59 bits per heavy atom. The number of fused-ring (bicyclic) bond motifs is 1. The van der Waals surface area contributed by atoms with Crippen molar-refractivity contribution in [2.24, 2.45) is 5.73 Å². The van der Waals surface area contributed by atoms with E-state index in [0.29, 0.717) is 0 Å². The van der Waals surface area contributed by atoms with E-state index in [2.05, 4.69) is 43.1 Å². The van der Waals surface area contributed by atoms with Crippen molar-refractivity contribution in [2.45, 2.75) is 39.2 Å². The molecular formula is C18H22N4. The summed E-state index contributed by atoms with van der Waals surface area (Å²) in [6, 6.07) is 7.80. The molecule has 114 valence electrons.